The van der Waals surface area contributed by atoms with Crippen LogP contribution >= 0.6 is 11.3 Å². The molecule has 0 fully saturated rings. The number of carbonyl (C=O) groups is 2. The summed E-state index contributed by atoms with van der Waals surface area (Å²) >= 11 is 1.42. The van der Waals surface area contributed by atoms with E-state index in [0.29, 0.717) is 0 Å². The van der Waals surface area contributed by atoms with Gasteiger partial charge in [-0.15, -0.1) is 11.3 Å². The van der Waals surface area contributed by atoms with Crippen molar-refractivity contribution in [3.05, 3.63) is 22.4 Å². The lowest BCUT2D eigenvalue weighted by Gasteiger charge is -2.23. The third kappa shape index (κ3) is 4.85. The highest BCUT2D eigenvalue weighted by molar-refractivity contribution is 7.10. The molecule has 0 spiro atoms. The summed E-state index contributed by atoms with van der Waals surface area (Å²) in [7, 11) is 0. The van der Waals surface area contributed by atoms with Gasteiger partial charge < -0.3 is 10.5 Å². The van der Waals surface area contributed by atoms with Crippen LogP contribution in [0.2, 0.25) is 0 Å². The minimum atomic E-state index is -0.656. The van der Waals surface area contributed by atoms with Crippen LogP contribution in [0.4, 0.5) is 0 Å². The molecule has 0 aliphatic carbocycles. The highest BCUT2D eigenvalue weighted by Gasteiger charge is 2.27. The first kappa shape index (κ1) is 14.7. The molecule has 1 aromatic heterocycles. The zero-order chi connectivity index (χ0) is 13.8. The number of esters is 1. The molecule has 1 amide bonds. The van der Waals surface area contributed by atoms with E-state index >= 15 is 0 Å². The average Bonchev–Trinajstić information content (AvgIpc) is 2.67. The fourth-order valence-electron chi connectivity index (χ4n) is 1.32. The zero-order valence-electron chi connectivity index (χ0n) is 10.7. The van der Waals surface area contributed by atoms with E-state index in [1.807, 2.05) is 17.5 Å². The lowest BCUT2D eigenvalue weighted by Crippen LogP contribution is -2.38. The van der Waals surface area contributed by atoms with Crippen LogP contribution in [0.1, 0.15) is 31.7 Å². The van der Waals surface area contributed by atoms with Gasteiger partial charge in [0.15, 0.2) is 0 Å². The SMILES string of the molecule is CC(C)(C)OC(=O)C(NCC(N)=O)c1cccs1. The molecule has 6 heteroatoms. The van der Waals surface area contributed by atoms with Crippen LogP contribution in [0.25, 0.3) is 0 Å². The van der Waals surface area contributed by atoms with Gasteiger partial charge in [0.25, 0.3) is 0 Å². The van der Waals surface area contributed by atoms with Gasteiger partial charge in [-0.05, 0) is 32.2 Å². The molecule has 1 aromatic rings. The second kappa shape index (κ2) is 5.97. The first-order valence-corrected chi connectivity index (χ1v) is 6.45. The van der Waals surface area contributed by atoms with Crippen molar-refractivity contribution in [3.63, 3.8) is 0 Å². The standard InChI is InChI=1S/C12H18N2O3S/c1-12(2,3)17-11(16)10(14-7-9(13)15)8-5-4-6-18-8/h4-6,10,14H,7H2,1-3H3,(H2,13,15). The van der Waals surface area contributed by atoms with Crippen LogP contribution in [0.3, 0.4) is 0 Å². The molecular weight excluding hydrogens is 252 g/mol. The summed E-state index contributed by atoms with van der Waals surface area (Å²) in [6.07, 6.45) is 0. The molecule has 0 aliphatic rings. The lowest BCUT2D eigenvalue weighted by molar-refractivity contribution is -0.157. The molecule has 0 aliphatic heterocycles. The molecule has 0 radical (unpaired) electrons. The monoisotopic (exact) mass is 270 g/mol. The number of ether oxygens (including phenoxy) is 1. The van der Waals surface area contributed by atoms with Crippen LogP contribution in [-0.4, -0.2) is 24.0 Å². The molecule has 1 unspecified atom stereocenters. The molecule has 5 nitrogen and oxygen atoms in total. The van der Waals surface area contributed by atoms with Crippen molar-refractivity contribution in [3.8, 4) is 0 Å². The Balaban J connectivity index is 2.77. The van der Waals surface area contributed by atoms with Gasteiger partial charge in [0.2, 0.25) is 5.91 Å². The quantitative estimate of drug-likeness (QED) is 0.788. The first-order chi connectivity index (χ1) is 8.29. The van der Waals surface area contributed by atoms with Crippen LogP contribution in [0, 0.1) is 0 Å². The third-order valence-electron chi connectivity index (χ3n) is 1.95. The number of nitrogens with one attached hydrogen (secondary N) is 1. The number of amides is 1. The maximum absolute atomic E-state index is 12.0. The number of primary amides is 1. The van der Waals surface area contributed by atoms with Crippen molar-refractivity contribution in [1.82, 2.24) is 5.32 Å². The maximum atomic E-state index is 12.0. The summed E-state index contributed by atoms with van der Waals surface area (Å²) in [6, 6.07) is 2.99. The second-order valence-electron chi connectivity index (χ2n) is 4.83. The first-order valence-electron chi connectivity index (χ1n) is 5.57. The summed E-state index contributed by atoms with van der Waals surface area (Å²) in [5.41, 5.74) is 4.50. The Morgan fingerprint density at radius 3 is 2.61 bits per heavy atom. The Bertz CT molecular complexity index is 409. The van der Waals surface area contributed by atoms with E-state index < -0.39 is 23.5 Å². The maximum Gasteiger partial charge on any atom is 0.329 e. The van der Waals surface area contributed by atoms with Crippen molar-refractivity contribution in [1.29, 1.82) is 0 Å². The number of hydrogen-bond donors (Lipinski definition) is 2. The van der Waals surface area contributed by atoms with Crippen LogP contribution in [-0.2, 0) is 14.3 Å². The topological polar surface area (TPSA) is 81.4 Å². The number of rotatable bonds is 5. The Hall–Kier alpha value is -1.40. The molecular formula is C12H18N2O3S. The van der Waals surface area contributed by atoms with Crippen molar-refractivity contribution < 1.29 is 14.3 Å². The average molecular weight is 270 g/mol. The van der Waals surface area contributed by atoms with E-state index in [0.717, 1.165) is 4.88 Å². The van der Waals surface area contributed by atoms with Gasteiger partial charge >= 0.3 is 5.97 Å². The van der Waals surface area contributed by atoms with E-state index in [-0.39, 0.29) is 6.54 Å². The second-order valence-corrected chi connectivity index (χ2v) is 5.81. The number of nitrogens with two attached hydrogens (primary N) is 1. The van der Waals surface area contributed by atoms with Gasteiger partial charge in [0.1, 0.15) is 11.6 Å². The molecule has 0 aromatic carbocycles. The van der Waals surface area contributed by atoms with Crippen LogP contribution < -0.4 is 11.1 Å². The zero-order valence-corrected chi connectivity index (χ0v) is 11.5. The summed E-state index contributed by atoms with van der Waals surface area (Å²) in [5.74, 6) is -0.925. The smallest absolute Gasteiger partial charge is 0.329 e. The van der Waals surface area contributed by atoms with Crippen LogP contribution in [0.15, 0.2) is 17.5 Å². The fraction of sp³-hybridized carbons (Fsp3) is 0.500. The molecule has 1 heterocycles. The van der Waals surface area contributed by atoms with Gasteiger partial charge in [-0.25, -0.2) is 4.79 Å². The van der Waals surface area contributed by atoms with E-state index in [1.54, 1.807) is 20.8 Å². The molecule has 1 atom stereocenters. The molecule has 18 heavy (non-hydrogen) atoms. The van der Waals surface area contributed by atoms with Crippen molar-refractivity contribution >= 4 is 23.2 Å². The van der Waals surface area contributed by atoms with Gasteiger partial charge in [-0.3, -0.25) is 10.1 Å². The normalized spacial score (nSPS) is 13.1. The number of thiophene rings is 1. The van der Waals surface area contributed by atoms with E-state index in [4.69, 9.17) is 10.5 Å². The molecule has 100 valence electrons. The van der Waals surface area contributed by atoms with Crippen molar-refractivity contribution in [2.24, 2.45) is 5.73 Å². The van der Waals surface area contributed by atoms with Gasteiger partial charge in [-0.2, -0.15) is 0 Å². The van der Waals surface area contributed by atoms with Crippen LogP contribution in [0.5, 0.6) is 0 Å². The lowest BCUT2D eigenvalue weighted by atomic mass is 10.1. The summed E-state index contributed by atoms with van der Waals surface area (Å²) < 4.78 is 5.31. The van der Waals surface area contributed by atoms with Crippen molar-refractivity contribution in [2.75, 3.05) is 6.54 Å². The highest BCUT2D eigenvalue weighted by atomic mass is 32.1. The molecule has 0 saturated carbocycles. The van der Waals surface area contributed by atoms with E-state index in [1.165, 1.54) is 11.3 Å². The Morgan fingerprint density at radius 2 is 2.17 bits per heavy atom. The summed E-state index contributed by atoms with van der Waals surface area (Å²) in [5, 5.41) is 4.67. The molecule has 3 N–H and O–H groups in total. The third-order valence-corrected chi connectivity index (χ3v) is 2.89. The Morgan fingerprint density at radius 1 is 1.50 bits per heavy atom. The molecule has 0 bridgehead atoms. The predicted octanol–water partition coefficient (Wildman–Crippen LogP) is 1.21. The van der Waals surface area contributed by atoms with Gasteiger partial charge in [0.05, 0.1) is 6.54 Å². The predicted molar refractivity (Wildman–Crippen MR) is 70.1 cm³/mol. The van der Waals surface area contributed by atoms with Crippen molar-refractivity contribution in [2.45, 2.75) is 32.4 Å². The number of hydrogen-bond acceptors (Lipinski definition) is 5. The number of carbonyl (C=O) groups excluding carboxylic acids is 2. The molecule has 1 rings (SSSR count). The summed E-state index contributed by atoms with van der Waals surface area (Å²) in [4.78, 5) is 23.6. The Labute approximate surface area is 110 Å². The fourth-order valence-corrected chi connectivity index (χ4v) is 2.11. The minimum absolute atomic E-state index is 0.0676. The van der Waals surface area contributed by atoms with E-state index in [9.17, 15) is 9.59 Å². The highest BCUT2D eigenvalue weighted by Crippen LogP contribution is 2.22. The van der Waals surface area contributed by atoms with Gasteiger partial charge in [0, 0.05) is 4.88 Å². The molecule has 0 saturated heterocycles. The van der Waals surface area contributed by atoms with E-state index in [2.05, 4.69) is 5.32 Å². The van der Waals surface area contributed by atoms with Gasteiger partial charge in [-0.1, -0.05) is 6.07 Å². The minimum Gasteiger partial charge on any atom is -0.459 e. The Kier molecular flexibility index (Phi) is 4.86. The summed E-state index contributed by atoms with van der Waals surface area (Å²) in [6.45, 7) is 5.32. The largest absolute Gasteiger partial charge is 0.459 e.